The minimum atomic E-state index is -0.0349. The van der Waals surface area contributed by atoms with Gasteiger partial charge in [0.1, 0.15) is 12.4 Å². The number of likely N-dealkylation sites (N-methyl/N-ethyl adjacent to an activating group) is 1. The van der Waals surface area contributed by atoms with Crippen LogP contribution in [0.1, 0.15) is 26.1 Å². The van der Waals surface area contributed by atoms with Crippen LogP contribution in [0.15, 0.2) is 0 Å². The third kappa shape index (κ3) is 3.16. The van der Waals surface area contributed by atoms with Crippen molar-refractivity contribution < 1.29 is 4.79 Å². The third-order valence-corrected chi connectivity index (χ3v) is 2.30. The maximum atomic E-state index is 11.4. The average Bonchev–Trinajstić information content (AvgIpc) is 2.51. The summed E-state index contributed by atoms with van der Waals surface area (Å²) in [6.07, 6.45) is 1.81. The Morgan fingerprint density at radius 1 is 1.60 bits per heavy atom. The molecule has 0 spiro atoms. The van der Waals surface area contributed by atoms with Gasteiger partial charge in [-0.15, -0.1) is 0 Å². The average molecular weight is 228 g/mol. The van der Waals surface area contributed by atoms with Gasteiger partial charge in [0.25, 0.3) is 0 Å². The molecule has 0 atom stereocenters. The maximum absolute atomic E-state index is 11.4. The van der Waals surface area contributed by atoms with Crippen molar-refractivity contribution in [2.24, 2.45) is 0 Å². The molecule has 0 fully saturated rings. The second-order valence-electron chi connectivity index (χ2n) is 3.23. The monoisotopic (exact) mass is 228 g/mol. The molecule has 2 N–H and O–H groups in total. The van der Waals surface area contributed by atoms with Crippen molar-refractivity contribution in [2.45, 2.75) is 33.2 Å². The van der Waals surface area contributed by atoms with Crippen molar-refractivity contribution in [1.29, 1.82) is 0 Å². The molecule has 1 aromatic rings. The van der Waals surface area contributed by atoms with Gasteiger partial charge in [0, 0.05) is 13.0 Å². The van der Waals surface area contributed by atoms with E-state index in [2.05, 4.69) is 22.4 Å². The van der Waals surface area contributed by atoms with E-state index in [0.29, 0.717) is 11.3 Å². The van der Waals surface area contributed by atoms with Gasteiger partial charge < -0.3 is 5.32 Å². The summed E-state index contributed by atoms with van der Waals surface area (Å²) in [6.45, 7) is 4.83. The molecule has 0 bridgehead atoms. The molecule has 0 saturated heterocycles. The summed E-state index contributed by atoms with van der Waals surface area (Å²) in [7, 11) is 0. The summed E-state index contributed by atoms with van der Waals surface area (Å²) in [5.41, 5.74) is 0. The number of aromatic amines is 1. The highest BCUT2D eigenvalue weighted by atomic mass is 32.1. The fourth-order valence-corrected chi connectivity index (χ4v) is 1.54. The lowest BCUT2D eigenvalue weighted by molar-refractivity contribution is -0.121. The van der Waals surface area contributed by atoms with E-state index in [-0.39, 0.29) is 12.5 Å². The fourth-order valence-electron chi connectivity index (χ4n) is 1.32. The maximum Gasteiger partial charge on any atom is 0.240 e. The zero-order chi connectivity index (χ0) is 11.3. The van der Waals surface area contributed by atoms with Crippen LogP contribution < -0.4 is 5.32 Å². The number of aromatic nitrogens is 3. The molecule has 0 aliphatic rings. The molecule has 0 saturated carbocycles. The SMILES string of the molecule is CCCc1n[nH]c(=S)n1CC(=O)NCC. The van der Waals surface area contributed by atoms with Gasteiger partial charge in [-0.2, -0.15) is 5.10 Å². The van der Waals surface area contributed by atoms with E-state index in [0.717, 1.165) is 18.7 Å². The first-order chi connectivity index (χ1) is 7.19. The normalized spacial score (nSPS) is 10.3. The molecule has 0 unspecified atom stereocenters. The molecule has 0 radical (unpaired) electrons. The summed E-state index contributed by atoms with van der Waals surface area (Å²) < 4.78 is 2.24. The van der Waals surface area contributed by atoms with Crippen LogP contribution >= 0.6 is 12.2 Å². The first-order valence-corrected chi connectivity index (χ1v) is 5.50. The van der Waals surface area contributed by atoms with E-state index < -0.39 is 0 Å². The lowest BCUT2D eigenvalue weighted by Gasteiger charge is -2.05. The number of nitrogens with zero attached hydrogens (tertiary/aromatic N) is 2. The van der Waals surface area contributed by atoms with Crippen LogP contribution in [0, 0.1) is 4.77 Å². The lowest BCUT2D eigenvalue weighted by atomic mass is 10.3. The molecule has 6 heteroatoms. The Kier molecular flexibility index (Phi) is 4.48. The van der Waals surface area contributed by atoms with Crippen LogP contribution in [0.4, 0.5) is 0 Å². The van der Waals surface area contributed by atoms with Gasteiger partial charge in [0.15, 0.2) is 4.77 Å². The standard InChI is InChI=1S/C9H16N4OS/c1-3-5-7-11-12-9(15)13(7)6-8(14)10-4-2/h3-6H2,1-2H3,(H,10,14)(H,12,15). The Morgan fingerprint density at radius 3 is 2.93 bits per heavy atom. The molecular formula is C9H16N4OS. The minimum absolute atomic E-state index is 0.0349. The molecule has 1 aromatic heterocycles. The minimum Gasteiger partial charge on any atom is -0.355 e. The Morgan fingerprint density at radius 2 is 2.33 bits per heavy atom. The van der Waals surface area contributed by atoms with Gasteiger partial charge in [-0.05, 0) is 25.6 Å². The number of aryl methyl sites for hydroxylation is 1. The summed E-state index contributed by atoms with van der Waals surface area (Å²) in [4.78, 5) is 11.4. The molecule has 0 aliphatic carbocycles. The molecule has 15 heavy (non-hydrogen) atoms. The molecular weight excluding hydrogens is 212 g/mol. The van der Waals surface area contributed by atoms with Gasteiger partial charge >= 0.3 is 0 Å². The van der Waals surface area contributed by atoms with Gasteiger partial charge in [-0.25, -0.2) is 0 Å². The zero-order valence-electron chi connectivity index (χ0n) is 9.04. The molecule has 1 amide bonds. The predicted molar refractivity (Wildman–Crippen MR) is 60.1 cm³/mol. The number of nitrogens with one attached hydrogen (secondary N) is 2. The lowest BCUT2D eigenvalue weighted by Crippen LogP contribution is -2.27. The number of carbonyl (C=O) groups is 1. The molecule has 5 nitrogen and oxygen atoms in total. The van der Waals surface area contributed by atoms with Crippen molar-refractivity contribution >= 4 is 18.1 Å². The highest BCUT2D eigenvalue weighted by Gasteiger charge is 2.08. The van der Waals surface area contributed by atoms with Crippen molar-refractivity contribution in [1.82, 2.24) is 20.1 Å². The highest BCUT2D eigenvalue weighted by molar-refractivity contribution is 7.71. The quantitative estimate of drug-likeness (QED) is 0.740. The summed E-state index contributed by atoms with van der Waals surface area (Å²) in [6, 6.07) is 0. The molecule has 1 rings (SSSR count). The number of hydrogen-bond donors (Lipinski definition) is 2. The third-order valence-electron chi connectivity index (χ3n) is 1.99. The van der Waals surface area contributed by atoms with E-state index >= 15 is 0 Å². The van der Waals surface area contributed by atoms with Crippen LogP contribution in [0.5, 0.6) is 0 Å². The van der Waals surface area contributed by atoms with E-state index in [4.69, 9.17) is 12.2 Å². The number of amides is 1. The van der Waals surface area contributed by atoms with Gasteiger partial charge in [-0.1, -0.05) is 6.92 Å². The Balaban J connectivity index is 2.78. The van der Waals surface area contributed by atoms with Gasteiger partial charge in [0.05, 0.1) is 0 Å². The first kappa shape index (κ1) is 11.9. The Labute approximate surface area is 93.9 Å². The number of carbonyl (C=O) groups excluding carboxylic acids is 1. The van der Waals surface area contributed by atoms with Gasteiger partial charge in [-0.3, -0.25) is 14.5 Å². The van der Waals surface area contributed by atoms with Crippen LogP contribution in [-0.4, -0.2) is 27.2 Å². The van der Waals surface area contributed by atoms with E-state index in [9.17, 15) is 4.79 Å². The summed E-state index contributed by atoms with van der Waals surface area (Å²) in [5, 5.41) is 9.52. The van der Waals surface area contributed by atoms with Crippen molar-refractivity contribution in [3.63, 3.8) is 0 Å². The summed E-state index contributed by atoms with van der Waals surface area (Å²) >= 11 is 5.05. The van der Waals surface area contributed by atoms with Gasteiger partial charge in [0.2, 0.25) is 5.91 Å². The predicted octanol–water partition coefficient (Wildman–Crippen LogP) is 1.03. The van der Waals surface area contributed by atoms with Crippen molar-refractivity contribution in [2.75, 3.05) is 6.54 Å². The van der Waals surface area contributed by atoms with Crippen molar-refractivity contribution in [3.05, 3.63) is 10.6 Å². The van der Waals surface area contributed by atoms with Crippen LogP contribution in [0.2, 0.25) is 0 Å². The Hall–Kier alpha value is -1.17. The van der Waals surface area contributed by atoms with Crippen LogP contribution in [0.25, 0.3) is 0 Å². The molecule has 84 valence electrons. The van der Waals surface area contributed by atoms with E-state index in [1.165, 1.54) is 0 Å². The Bertz CT molecular complexity index is 382. The van der Waals surface area contributed by atoms with Crippen LogP contribution in [0.3, 0.4) is 0 Å². The number of rotatable bonds is 5. The van der Waals surface area contributed by atoms with E-state index in [1.54, 1.807) is 4.57 Å². The number of H-pyrrole nitrogens is 1. The topological polar surface area (TPSA) is 62.7 Å². The van der Waals surface area contributed by atoms with Crippen molar-refractivity contribution in [3.8, 4) is 0 Å². The second kappa shape index (κ2) is 5.65. The molecule has 0 aromatic carbocycles. The molecule has 0 aliphatic heterocycles. The zero-order valence-corrected chi connectivity index (χ0v) is 9.86. The molecule has 1 heterocycles. The van der Waals surface area contributed by atoms with E-state index in [1.807, 2.05) is 6.92 Å². The fraction of sp³-hybridized carbons (Fsp3) is 0.667. The van der Waals surface area contributed by atoms with Crippen LogP contribution in [-0.2, 0) is 17.8 Å². The largest absolute Gasteiger partial charge is 0.355 e. The first-order valence-electron chi connectivity index (χ1n) is 5.09. The number of hydrogen-bond acceptors (Lipinski definition) is 3. The summed E-state index contributed by atoms with van der Waals surface area (Å²) in [5.74, 6) is 0.807. The smallest absolute Gasteiger partial charge is 0.240 e. The highest BCUT2D eigenvalue weighted by Crippen LogP contribution is 2.01. The second-order valence-corrected chi connectivity index (χ2v) is 3.62.